The first-order valence-electron chi connectivity index (χ1n) is 5.51. The highest BCUT2D eigenvalue weighted by Gasteiger charge is 2.37. The lowest BCUT2D eigenvalue weighted by molar-refractivity contribution is -0.228. The topological polar surface area (TPSA) is 88.1 Å². The van der Waals surface area contributed by atoms with Crippen LogP contribution in [0.5, 0.6) is 0 Å². The molecule has 3 atom stereocenters. The first-order chi connectivity index (χ1) is 8.38. The Balaban J connectivity index is 2.62. The molecule has 0 N–H and O–H groups in total. The van der Waals surface area contributed by atoms with E-state index in [2.05, 4.69) is 0 Å². The van der Waals surface area contributed by atoms with E-state index in [0.29, 0.717) is 0 Å². The van der Waals surface area contributed by atoms with Gasteiger partial charge in [0.2, 0.25) is 6.29 Å². The molecule has 18 heavy (non-hydrogen) atoms. The summed E-state index contributed by atoms with van der Waals surface area (Å²) >= 11 is 0. The Kier molecular flexibility index (Phi) is 5.08. The Bertz CT molecular complexity index is 338. The van der Waals surface area contributed by atoms with Crippen molar-refractivity contribution in [1.82, 2.24) is 0 Å². The predicted octanol–water partition coefficient (Wildman–Crippen LogP) is 0.159. The zero-order valence-electron chi connectivity index (χ0n) is 10.5. The minimum atomic E-state index is -0.793. The molecule has 0 unspecified atom stereocenters. The molecule has 102 valence electrons. The van der Waals surface area contributed by atoms with Crippen LogP contribution in [0.15, 0.2) is 0 Å². The van der Waals surface area contributed by atoms with E-state index in [1.54, 1.807) is 0 Å². The van der Waals surface area contributed by atoms with Crippen molar-refractivity contribution in [2.75, 3.05) is 6.61 Å². The van der Waals surface area contributed by atoms with Gasteiger partial charge in [-0.25, -0.2) is 0 Å². The zero-order chi connectivity index (χ0) is 13.7. The minimum Gasteiger partial charge on any atom is -0.458 e. The molecule has 0 aliphatic carbocycles. The second-order valence-electron chi connectivity index (χ2n) is 3.90. The first-order valence-corrected chi connectivity index (χ1v) is 5.51. The lowest BCUT2D eigenvalue weighted by atomic mass is 10.1. The van der Waals surface area contributed by atoms with Crippen LogP contribution in [-0.2, 0) is 33.3 Å². The summed E-state index contributed by atoms with van der Waals surface area (Å²) in [6, 6.07) is 0. The SMILES string of the molecule is CC(=O)O[C@@H]1C[C@@H](OC(C)=O)[C@H](OC(C)=O)CO1. The Labute approximate surface area is 104 Å². The van der Waals surface area contributed by atoms with Crippen molar-refractivity contribution in [2.24, 2.45) is 0 Å². The number of hydrogen-bond donors (Lipinski definition) is 0. The molecule has 0 amide bonds. The average molecular weight is 260 g/mol. The van der Waals surface area contributed by atoms with Crippen molar-refractivity contribution in [3.63, 3.8) is 0 Å². The lowest BCUT2D eigenvalue weighted by Gasteiger charge is -2.34. The molecule has 0 radical (unpaired) electrons. The van der Waals surface area contributed by atoms with Crippen LogP contribution in [0, 0.1) is 0 Å². The van der Waals surface area contributed by atoms with Crippen LogP contribution in [0.1, 0.15) is 27.2 Å². The van der Waals surface area contributed by atoms with Gasteiger partial charge in [-0.2, -0.15) is 0 Å². The maximum Gasteiger partial charge on any atom is 0.304 e. The van der Waals surface area contributed by atoms with Crippen LogP contribution in [0.4, 0.5) is 0 Å². The highest BCUT2D eigenvalue weighted by molar-refractivity contribution is 5.67. The number of hydrogen-bond acceptors (Lipinski definition) is 7. The van der Waals surface area contributed by atoms with Gasteiger partial charge in [0.1, 0.15) is 6.10 Å². The van der Waals surface area contributed by atoms with Crippen LogP contribution in [0.2, 0.25) is 0 Å². The van der Waals surface area contributed by atoms with Gasteiger partial charge in [-0.15, -0.1) is 0 Å². The standard InChI is InChI=1S/C11H16O7/c1-6(12)16-9-4-11(18-8(3)14)15-5-10(9)17-7(2)13/h9-11H,4-5H2,1-3H3/t9-,10-,11-/m1/s1. The maximum atomic E-state index is 11.0. The molecule has 0 aromatic rings. The molecule has 1 rings (SSSR count). The fraction of sp³-hybridized carbons (Fsp3) is 0.727. The summed E-state index contributed by atoms with van der Waals surface area (Å²) in [6.45, 7) is 3.77. The Hall–Kier alpha value is -1.63. The molecular weight excluding hydrogens is 244 g/mol. The molecule has 0 spiro atoms. The highest BCUT2D eigenvalue weighted by Crippen LogP contribution is 2.21. The molecule has 0 saturated carbocycles. The van der Waals surface area contributed by atoms with Gasteiger partial charge in [-0.1, -0.05) is 0 Å². The van der Waals surface area contributed by atoms with Gasteiger partial charge in [0.05, 0.1) is 13.0 Å². The molecule has 0 bridgehead atoms. The van der Waals surface area contributed by atoms with E-state index < -0.39 is 36.4 Å². The Morgan fingerprint density at radius 2 is 1.39 bits per heavy atom. The van der Waals surface area contributed by atoms with Crippen LogP contribution >= 0.6 is 0 Å². The highest BCUT2D eigenvalue weighted by atomic mass is 16.7. The van der Waals surface area contributed by atoms with Gasteiger partial charge in [-0.05, 0) is 0 Å². The monoisotopic (exact) mass is 260 g/mol. The zero-order valence-corrected chi connectivity index (χ0v) is 10.5. The van der Waals surface area contributed by atoms with Crippen molar-refractivity contribution in [1.29, 1.82) is 0 Å². The van der Waals surface area contributed by atoms with Crippen LogP contribution < -0.4 is 0 Å². The smallest absolute Gasteiger partial charge is 0.304 e. The molecule has 1 aliphatic heterocycles. The summed E-state index contributed by atoms with van der Waals surface area (Å²) in [7, 11) is 0. The second kappa shape index (κ2) is 6.34. The van der Waals surface area contributed by atoms with Crippen molar-refractivity contribution in [2.45, 2.75) is 45.7 Å². The molecular formula is C11H16O7. The van der Waals surface area contributed by atoms with Gasteiger partial charge < -0.3 is 18.9 Å². The van der Waals surface area contributed by atoms with Gasteiger partial charge in [0.25, 0.3) is 0 Å². The minimum absolute atomic E-state index is 0.00940. The van der Waals surface area contributed by atoms with Crippen molar-refractivity contribution >= 4 is 17.9 Å². The third-order valence-corrected chi connectivity index (χ3v) is 2.22. The molecule has 1 aliphatic rings. The number of carbonyl (C=O) groups excluding carboxylic acids is 3. The van der Waals surface area contributed by atoms with Crippen LogP contribution in [0.25, 0.3) is 0 Å². The number of esters is 3. The van der Waals surface area contributed by atoms with Gasteiger partial charge in [0, 0.05) is 20.8 Å². The average Bonchev–Trinajstić information content (AvgIpc) is 2.19. The molecule has 7 nitrogen and oxygen atoms in total. The van der Waals surface area contributed by atoms with E-state index in [-0.39, 0.29) is 13.0 Å². The van der Waals surface area contributed by atoms with E-state index in [1.807, 2.05) is 0 Å². The number of ether oxygens (including phenoxy) is 4. The molecule has 1 saturated heterocycles. The Morgan fingerprint density at radius 3 is 1.89 bits per heavy atom. The quantitative estimate of drug-likeness (QED) is 0.527. The van der Waals surface area contributed by atoms with Crippen molar-refractivity contribution in [3.8, 4) is 0 Å². The van der Waals surface area contributed by atoms with E-state index >= 15 is 0 Å². The summed E-state index contributed by atoms with van der Waals surface area (Å²) in [6.07, 6.45) is -2.02. The largest absolute Gasteiger partial charge is 0.458 e. The molecule has 0 aromatic carbocycles. The molecule has 7 heteroatoms. The van der Waals surface area contributed by atoms with Crippen molar-refractivity contribution < 1.29 is 33.3 Å². The van der Waals surface area contributed by atoms with E-state index in [1.165, 1.54) is 20.8 Å². The third kappa shape index (κ3) is 4.70. The normalized spacial score (nSPS) is 27.2. The second-order valence-corrected chi connectivity index (χ2v) is 3.90. The molecule has 1 fully saturated rings. The summed E-state index contributed by atoms with van der Waals surface area (Å²) in [5.41, 5.74) is 0. The molecule has 1 heterocycles. The van der Waals surface area contributed by atoms with Gasteiger partial charge in [-0.3, -0.25) is 14.4 Å². The summed E-state index contributed by atoms with van der Waals surface area (Å²) in [5, 5.41) is 0. The molecule has 0 aromatic heterocycles. The fourth-order valence-corrected chi connectivity index (χ4v) is 1.65. The maximum absolute atomic E-state index is 11.0. The Morgan fingerprint density at radius 1 is 0.889 bits per heavy atom. The lowest BCUT2D eigenvalue weighted by Crippen LogP contribution is -2.46. The summed E-state index contributed by atoms with van der Waals surface area (Å²) in [5.74, 6) is -1.49. The number of carbonyl (C=O) groups is 3. The van der Waals surface area contributed by atoms with E-state index in [0.717, 1.165) is 0 Å². The van der Waals surface area contributed by atoms with E-state index in [4.69, 9.17) is 18.9 Å². The van der Waals surface area contributed by atoms with Crippen LogP contribution in [0.3, 0.4) is 0 Å². The number of rotatable bonds is 3. The van der Waals surface area contributed by atoms with Gasteiger partial charge >= 0.3 is 17.9 Å². The van der Waals surface area contributed by atoms with Crippen LogP contribution in [-0.4, -0.2) is 43.0 Å². The first kappa shape index (κ1) is 14.4. The van der Waals surface area contributed by atoms with Crippen molar-refractivity contribution in [3.05, 3.63) is 0 Å². The van der Waals surface area contributed by atoms with E-state index in [9.17, 15) is 14.4 Å². The third-order valence-electron chi connectivity index (χ3n) is 2.22. The predicted molar refractivity (Wildman–Crippen MR) is 57.2 cm³/mol. The summed E-state index contributed by atoms with van der Waals surface area (Å²) < 4.78 is 20.1. The fourth-order valence-electron chi connectivity index (χ4n) is 1.65. The summed E-state index contributed by atoms with van der Waals surface area (Å²) in [4.78, 5) is 32.7. The van der Waals surface area contributed by atoms with Gasteiger partial charge in [0.15, 0.2) is 6.10 Å².